The number of nitrogens with two attached hydrogens (primary N) is 1. The highest BCUT2D eigenvalue weighted by Gasteiger charge is 2.46. The van der Waals surface area contributed by atoms with Gasteiger partial charge in [-0.25, -0.2) is 0 Å². The predicted molar refractivity (Wildman–Crippen MR) is 73.2 cm³/mol. The molecule has 3 heteroatoms. The Labute approximate surface area is 109 Å². The van der Waals surface area contributed by atoms with Gasteiger partial charge in [0.1, 0.15) is 0 Å². The lowest BCUT2D eigenvalue weighted by Gasteiger charge is -2.43. The molecule has 0 unspecified atom stereocenters. The van der Waals surface area contributed by atoms with Gasteiger partial charge in [-0.15, -0.1) is 0 Å². The van der Waals surface area contributed by atoms with E-state index in [0.717, 1.165) is 12.1 Å². The molecule has 3 rings (SSSR count). The minimum atomic E-state index is 0.142. The molecule has 0 saturated carbocycles. The quantitative estimate of drug-likeness (QED) is 0.824. The largest absolute Gasteiger partial charge is 0.322 e. The maximum absolute atomic E-state index is 6.50. The van der Waals surface area contributed by atoms with Crippen LogP contribution in [0.4, 0.5) is 0 Å². The third kappa shape index (κ3) is 1.77. The van der Waals surface area contributed by atoms with Crippen molar-refractivity contribution >= 4 is 0 Å². The molecule has 1 spiro atoms. The van der Waals surface area contributed by atoms with Crippen molar-refractivity contribution in [2.45, 2.75) is 45.2 Å². The topological polar surface area (TPSA) is 42.2 Å². The van der Waals surface area contributed by atoms with Crippen LogP contribution in [0.25, 0.3) is 0 Å². The summed E-state index contributed by atoms with van der Waals surface area (Å²) in [5, 5.41) is 0. The number of rotatable bonds is 1. The highest BCUT2D eigenvalue weighted by Crippen LogP contribution is 2.49. The van der Waals surface area contributed by atoms with E-state index in [2.05, 4.69) is 29.8 Å². The second-order valence-electron chi connectivity index (χ2n) is 6.19. The van der Waals surface area contributed by atoms with Crippen LogP contribution in [0.15, 0.2) is 18.3 Å². The van der Waals surface area contributed by atoms with Gasteiger partial charge in [0.2, 0.25) is 0 Å². The Morgan fingerprint density at radius 1 is 1.39 bits per heavy atom. The molecule has 0 radical (unpaired) electrons. The van der Waals surface area contributed by atoms with E-state index in [1.54, 1.807) is 0 Å². The molecular weight excluding hydrogens is 222 g/mol. The third-order valence-corrected chi connectivity index (χ3v) is 4.95. The Balaban J connectivity index is 1.80. The van der Waals surface area contributed by atoms with Crippen LogP contribution < -0.4 is 5.73 Å². The fraction of sp³-hybridized carbons (Fsp3) is 0.667. The average Bonchev–Trinajstić information content (AvgIpc) is 2.64. The lowest BCUT2D eigenvalue weighted by molar-refractivity contribution is 0.0705. The molecule has 1 aliphatic heterocycles. The third-order valence-electron chi connectivity index (χ3n) is 4.95. The second-order valence-corrected chi connectivity index (χ2v) is 6.19. The van der Waals surface area contributed by atoms with Crippen molar-refractivity contribution < 1.29 is 0 Å². The summed E-state index contributed by atoms with van der Waals surface area (Å²) < 4.78 is 0. The van der Waals surface area contributed by atoms with E-state index in [4.69, 9.17) is 5.73 Å². The minimum Gasteiger partial charge on any atom is -0.322 e. The van der Waals surface area contributed by atoms with Crippen LogP contribution in [-0.2, 0) is 6.42 Å². The highest BCUT2D eigenvalue weighted by molar-refractivity contribution is 5.32. The Hall–Kier alpha value is -0.930. The number of aromatic nitrogens is 1. The lowest BCUT2D eigenvalue weighted by Crippen LogP contribution is -2.46. The zero-order chi connectivity index (χ0) is 12.8. The molecule has 0 amide bonds. The van der Waals surface area contributed by atoms with E-state index in [-0.39, 0.29) is 11.5 Å². The number of likely N-dealkylation sites (tertiary alicyclic amines) is 1. The van der Waals surface area contributed by atoms with Crippen LogP contribution >= 0.6 is 0 Å². The Morgan fingerprint density at radius 3 is 2.72 bits per heavy atom. The van der Waals surface area contributed by atoms with E-state index >= 15 is 0 Å². The Morgan fingerprint density at radius 2 is 2.11 bits per heavy atom. The van der Waals surface area contributed by atoms with E-state index in [1.807, 2.05) is 12.3 Å². The average molecular weight is 245 g/mol. The van der Waals surface area contributed by atoms with Crippen LogP contribution in [-0.4, -0.2) is 29.0 Å². The van der Waals surface area contributed by atoms with E-state index in [1.165, 1.54) is 31.5 Å². The van der Waals surface area contributed by atoms with Crippen LogP contribution in [0.3, 0.4) is 0 Å². The van der Waals surface area contributed by atoms with Gasteiger partial charge in [-0.05, 0) is 63.2 Å². The normalized spacial score (nSPS) is 26.8. The number of fused-ring (bicyclic) bond motifs is 1. The van der Waals surface area contributed by atoms with Gasteiger partial charge in [0.05, 0.1) is 11.7 Å². The standard InChI is InChI=1S/C15H23N3/c1-11(2)18-8-5-15(6-9-18)10-12-4-3-7-17-13(12)14(15)16/h3-4,7,11,14H,5-6,8-10,16H2,1-2H3/t14-/m1/s1. The molecule has 2 aliphatic rings. The second kappa shape index (κ2) is 4.32. The van der Waals surface area contributed by atoms with Gasteiger partial charge in [0, 0.05) is 12.2 Å². The lowest BCUT2D eigenvalue weighted by atomic mass is 9.73. The first-order valence-corrected chi connectivity index (χ1v) is 7.06. The first-order valence-electron chi connectivity index (χ1n) is 7.06. The zero-order valence-corrected chi connectivity index (χ0v) is 11.4. The number of pyridine rings is 1. The Bertz CT molecular complexity index is 433. The summed E-state index contributed by atoms with van der Waals surface area (Å²) in [5.74, 6) is 0. The number of piperidine rings is 1. The maximum atomic E-state index is 6.50. The van der Waals surface area contributed by atoms with Crippen molar-refractivity contribution in [2.75, 3.05) is 13.1 Å². The van der Waals surface area contributed by atoms with Crippen LogP contribution in [0.1, 0.15) is 44.0 Å². The molecule has 2 heterocycles. The van der Waals surface area contributed by atoms with E-state index in [0.29, 0.717) is 6.04 Å². The summed E-state index contributed by atoms with van der Waals surface area (Å²) in [7, 11) is 0. The number of hydrogen-bond donors (Lipinski definition) is 1. The summed E-state index contributed by atoms with van der Waals surface area (Å²) in [6.07, 6.45) is 5.43. The van der Waals surface area contributed by atoms with Crippen molar-refractivity contribution in [1.29, 1.82) is 0 Å². The number of hydrogen-bond acceptors (Lipinski definition) is 3. The Kier molecular flexibility index (Phi) is 2.91. The molecule has 3 nitrogen and oxygen atoms in total. The molecule has 0 bridgehead atoms. The molecule has 1 aromatic heterocycles. The monoisotopic (exact) mass is 245 g/mol. The molecule has 1 aliphatic carbocycles. The molecular formula is C15H23N3. The summed E-state index contributed by atoms with van der Waals surface area (Å²) in [6.45, 7) is 6.92. The van der Waals surface area contributed by atoms with Crippen molar-refractivity contribution in [1.82, 2.24) is 9.88 Å². The fourth-order valence-corrected chi connectivity index (χ4v) is 3.63. The molecule has 0 aromatic carbocycles. The maximum Gasteiger partial charge on any atom is 0.0608 e. The first-order chi connectivity index (χ1) is 8.62. The van der Waals surface area contributed by atoms with Gasteiger partial charge in [-0.1, -0.05) is 6.07 Å². The summed E-state index contributed by atoms with van der Waals surface area (Å²) in [4.78, 5) is 7.07. The molecule has 1 fully saturated rings. The first kappa shape index (κ1) is 12.1. The van der Waals surface area contributed by atoms with Crippen LogP contribution in [0.5, 0.6) is 0 Å². The van der Waals surface area contributed by atoms with Crippen LogP contribution in [0.2, 0.25) is 0 Å². The summed E-state index contributed by atoms with van der Waals surface area (Å²) in [5.41, 5.74) is 9.30. The zero-order valence-electron chi connectivity index (χ0n) is 11.4. The van der Waals surface area contributed by atoms with Crippen molar-refractivity contribution in [2.24, 2.45) is 11.1 Å². The van der Waals surface area contributed by atoms with Gasteiger partial charge in [0.15, 0.2) is 0 Å². The molecule has 98 valence electrons. The molecule has 1 aromatic rings. The van der Waals surface area contributed by atoms with Gasteiger partial charge >= 0.3 is 0 Å². The van der Waals surface area contributed by atoms with E-state index < -0.39 is 0 Å². The molecule has 18 heavy (non-hydrogen) atoms. The fourth-order valence-electron chi connectivity index (χ4n) is 3.63. The minimum absolute atomic E-state index is 0.142. The molecule has 1 saturated heterocycles. The van der Waals surface area contributed by atoms with E-state index in [9.17, 15) is 0 Å². The van der Waals surface area contributed by atoms with Gasteiger partial charge < -0.3 is 10.6 Å². The SMILES string of the molecule is CC(C)N1CCC2(CC1)Cc1cccnc1[C@H]2N. The van der Waals surface area contributed by atoms with Gasteiger partial charge in [-0.2, -0.15) is 0 Å². The number of nitrogens with zero attached hydrogens (tertiary/aromatic N) is 2. The highest BCUT2D eigenvalue weighted by atomic mass is 15.2. The smallest absolute Gasteiger partial charge is 0.0608 e. The predicted octanol–water partition coefficient (Wildman–Crippen LogP) is 2.13. The molecule has 1 atom stereocenters. The molecule has 2 N–H and O–H groups in total. The van der Waals surface area contributed by atoms with Crippen molar-refractivity contribution in [3.05, 3.63) is 29.6 Å². The summed E-state index contributed by atoms with van der Waals surface area (Å²) in [6, 6.07) is 5.03. The van der Waals surface area contributed by atoms with Crippen LogP contribution in [0, 0.1) is 5.41 Å². The van der Waals surface area contributed by atoms with Gasteiger partial charge in [0.25, 0.3) is 0 Å². The van der Waals surface area contributed by atoms with Crippen molar-refractivity contribution in [3.8, 4) is 0 Å². The summed E-state index contributed by atoms with van der Waals surface area (Å²) >= 11 is 0. The van der Waals surface area contributed by atoms with Gasteiger partial charge in [-0.3, -0.25) is 4.98 Å². The van der Waals surface area contributed by atoms with Crippen molar-refractivity contribution in [3.63, 3.8) is 0 Å².